The maximum atomic E-state index is 5.76. The predicted molar refractivity (Wildman–Crippen MR) is 144 cm³/mol. The number of aromatic nitrogens is 2. The summed E-state index contributed by atoms with van der Waals surface area (Å²) < 4.78 is 13.5. The minimum Gasteiger partial charge on any atom is -0.490 e. The summed E-state index contributed by atoms with van der Waals surface area (Å²) in [5, 5.41) is 6.86. The number of nitrogens with zero attached hydrogens (tertiary/aromatic N) is 3. The number of imidazole rings is 1. The lowest BCUT2D eigenvalue weighted by atomic mass is 10.1. The van der Waals surface area contributed by atoms with Gasteiger partial charge in [-0.1, -0.05) is 30.3 Å². The van der Waals surface area contributed by atoms with Crippen LogP contribution in [0.15, 0.2) is 66.2 Å². The topological polar surface area (TPSA) is 72.7 Å². The Hall–Kier alpha value is -2.75. The Bertz CT molecular complexity index is 1010. The fourth-order valence-electron chi connectivity index (χ4n) is 3.43. The van der Waals surface area contributed by atoms with E-state index >= 15 is 0 Å². The van der Waals surface area contributed by atoms with E-state index in [1.165, 1.54) is 11.1 Å². The summed E-state index contributed by atoms with van der Waals surface area (Å²) in [7, 11) is 1.78. The van der Waals surface area contributed by atoms with Crippen LogP contribution in [0.3, 0.4) is 0 Å². The zero-order chi connectivity index (χ0) is 22.8. The van der Waals surface area contributed by atoms with Gasteiger partial charge >= 0.3 is 0 Å². The first kappa shape index (κ1) is 26.5. The Morgan fingerprint density at radius 2 is 1.82 bits per heavy atom. The average molecular weight is 563 g/mol. The first-order chi connectivity index (χ1) is 15.6. The molecule has 0 spiro atoms. The van der Waals surface area contributed by atoms with Gasteiger partial charge in [0.05, 0.1) is 25.6 Å². The molecule has 1 atom stereocenters. The summed E-state index contributed by atoms with van der Waals surface area (Å²) in [6, 6.07) is 14.6. The molecular weight excluding hydrogens is 529 g/mol. The summed E-state index contributed by atoms with van der Waals surface area (Å²) in [6.07, 6.45) is 5.59. The van der Waals surface area contributed by atoms with Gasteiger partial charge in [-0.25, -0.2) is 4.98 Å². The number of ether oxygens (including phenoxy) is 2. The maximum absolute atomic E-state index is 5.76. The van der Waals surface area contributed by atoms with Crippen LogP contribution >= 0.6 is 24.0 Å². The highest BCUT2D eigenvalue weighted by atomic mass is 127. The number of rotatable bonds is 10. The highest BCUT2D eigenvalue weighted by Crippen LogP contribution is 2.30. The van der Waals surface area contributed by atoms with Crippen LogP contribution in [0.4, 0.5) is 0 Å². The monoisotopic (exact) mass is 563 g/mol. The van der Waals surface area contributed by atoms with Crippen molar-refractivity contribution in [3.8, 4) is 11.5 Å². The second-order valence-electron chi connectivity index (χ2n) is 7.42. The van der Waals surface area contributed by atoms with Crippen molar-refractivity contribution in [1.29, 1.82) is 0 Å². The molecule has 0 aliphatic carbocycles. The Morgan fingerprint density at radius 1 is 1.06 bits per heavy atom. The molecule has 1 unspecified atom stereocenters. The number of hydrogen-bond acceptors (Lipinski definition) is 4. The van der Waals surface area contributed by atoms with Crippen molar-refractivity contribution in [3.05, 3.63) is 77.9 Å². The molecule has 0 saturated heterocycles. The minimum atomic E-state index is 0. The summed E-state index contributed by atoms with van der Waals surface area (Å²) in [5.41, 5.74) is 3.52. The van der Waals surface area contributed by atoms with Crippen LogP contribution in [0.25, 0.3) is 0 Å². The summed E-state index contributed by atoms with van der Waals surface area (Å²) in [4.78, 5) is 8.49. The smallest absolute Gasteiger partial charge is 0.191 e. The van der Waals surface area contributed by atoms with Crippen LogP contribution in [0.1, 0.15) is 43.5 Å². The van der Waals surface area contributed by atoms with Crippen molar-refractivity contribution in [2.75, 3.05) is 20.3 Å². The lowest BCUT2D eigenvalue weighted by Crippen LogP contribution is -2.38. The van der Waals surface area contributed by atoms with E-state index in [1.54, 1.807) is 13.2 Å². The third-order valence-electron chi connectivity index (χ3n) is 5.02. The highest BCUT2D eigenvalue weighted by molar-refractivity contribution is 14.0. The van der Waals surface area contributed by atoms with Crippen molar-refractivity contribution in [3.63, 3.8) is 0 Å². The molecule has 0 fully saturated rings. The molecule has 0 radical (unpaired) electrons. The number of nitrogens with one attached hydrogen (secondary N) is 2. The van der Waals surface area contributed by atoms with Crippen LogP contribution in [0, 0.1) is 0 Å². The molecule has 0 aliphatic rings. The van der Waals surface area contributed by atoms with Crippen molar-refractivity contribution in [1.82, 2.24) is 20.2 Å². The third-order valence-corrected chi connectivity index (χ3v) is 5.02. The largest absolute Gasteiger partial charge is 0.490 e. The van der Waals surface area contributed by atoms with Crippen molar-refractivity contribution >= 4 is 29.9 Å². The van der Waals surface area contributed by atoms with Crippen LogP contribution in [0.5, 0.6) is 11.5 Å². The van der Waals surface area contributed by atoms with Gasteiger partial charge in [0.25, 0.3) is 0 Å². The fraction of sp³-hybridized carbons (Fsp3) is 0.360. The van der Waals surface area contributed by atoms with E-state index in [9.17, 15) is 0 Å². The highest BCUT2D eigenvalue weighted by Gasteiger charge is 2.12. The van der Waals surface area contributed by atoms with Crippen LogP contribution in [0.2, 0.25) is 0 Å². The molecule has 178 valence electrons. The van der Waals surface area contributed by atoms with Crippen LogP contribution in [-0.2, 0) is 13.1 Å². The van der Waals surface area contributed by atoms with Gasteiger partial charge in [0.1, 0.15) is 0 Å². The maximum Gasteiger partial charge on any atom is 0.191 e. The lowest BCUT2D eigenvalue weighted by Gasteiger charge is -2.20. The lowest BCUT2D eigenvalue weighted by molar-refractivity contribution is 0.287. The quantitative estimate of drug-likeness (QED) is 0.211. The molecule has 7 nitrogen and oxygen atoms in total. The van der Waals surface area contributed by atoms with Gasteiger partial charge in [-0.05, 0) is 49.6 Å². The first-order valence-corrected chi connectivity index (χ1v) is 11.0. The second-order valence-corrected chi connectivity index (χ2v) is 7.42. The number of halogens is 1. The first-order valence-electron chi connectivity index (χ1n) is 11.0. The van der Waals surface area contributed by atoms with E-state index in [0.29, 0.717) is 19.8 Å². The predicted octanol–water partition coefficient (Wildman–Crippen LogP) is 4.77. The van der Waals surface area contributed by atoms with Gasteiger partial charge in [0, 0.05) is 32.5 Å². The summed E-state index contributed by atoms with van der Waals surface area (Å²) in [5.74, 6) is 2.27. The SMILES string of the molecule is CCOc1ccc(C(C)NC(=NC)NCc2cccc(Cn3ccnc3)c2)cc1OCC.I. The molecule has 8 heteroatoms. The number of hydrogen-bond donors (Lipinski definition) is 2. The summed E-state index contributed by atoms with van der Waals surface area (Å²) in [6.45, 7) is 8.72. The number of aliphatic imine (C=N–C) groups is 1. The number of benzene rings is 2. The molecular formula is C25H34IN5O2. The molecule has 3 aromatic rings. The van der Waals surface area contributed by atoms with Gasteiger partial charge in [0.2, 0.25) is 0 Å². The molecule has 1 aromatic heterocycles. The standard InChI is InChI=1S/C25H33N5O2.HI/c1-5-31-23-11-10-22(15-24(23)32-6-2)19(3)29-25(26-4)28-16-20-8-7-9-21(14-20)17-30-13-12-27-18-30;/h7-15,18-19H,5-6,16-17H2,1-4H3,(H2,26,28,29);1H. The van der Waals surface area contributed by atoms with E-state index in [-0.39, 0.29) is 30.0 Å². The minimum absolute atomic E-state index is 0. The molecule has 2 aromatic carbocycles. The van der Waals surface area contributed by atoms with Crippen molar-refractivity contribution in [2.45, 2.75) is 39.9 Å². The van der Waals surface area contributed by atoms with Gasteiger partial charge in [-0.15, -0.1) is 24.0 Å². The Kier molecular flexibility index (Phi) is 11.0. The van der Waals surface area contributed by atoms with Gasteiger partial charge in [0.15, 0.2) is 17.5 Å². The van der Waals surface area contributed by atoms with Gasteiger partial charge < -0.3 is 24.7 Å². The van der Waals surface area contributed by atoms with Crippen LogP contribution < -0.4 is 20.1 Å². The third kappa shape index (κ3) is 7.96. The zero-order valence-electron chi connectivity index (χ0n) is 19.7. The van der Waals surface area contributed by atoms with Gasteiger partial charge in [-0.2, -0.15) is 0 Å². The van der Waals surface area contributed by atoms with E-state index in [2.05, 4.69) is 62.4 Å². The molecule has 0 amide bonds. The van der Waals surface area contributed by atoms with Gasteiger partial charge in [-0.3, -0.25) is 4.99 Å². The second kappa shape index (κ2) is 13.7. The number of guanidine groups is 1. The Balaban J connectivity index is 0.00000385. The Labute approximate surface area is 213 Å². The van der Waals surface area contributed by atoms with Crippen LogP contribution in [-0.4, -0.2) is 35.8 Å². The van der Waals surface area contributed by atoms with Crippen molar-refractivity contribution < 1.29 is 9.47 Å². The molecule has 0 bridgehead atoms. The van der Waals surface area contributed by atoms with E-state index in [1.807, 2.05) is 38.5 Å². The molecule has 0 saturated carbocycles. The Morgan fingerprint density at radius 3 is 2.52 bits per heavy atom. The molecule has 3 rings (SSSR count). The normalized spacial score (nSPS) is 11.9. The summed E-state index contributed by atoms with van der Waals surface area (Å²) >= 11 is 0. The molecule has 2 N–H and O–H groups in total. The molecule has 0 aliphatic heterocycles. The van der Waals surface area contributed by atoms with Crippen molar-refractivity contribution in [2.24, 2.45) is 4.99 Å². The van der Waals surface area contributed by atoms with E-state index < -0.39 is 0 Å². The zero-order valence-corrected chi connectivity index (χ0v) is 22.1. The van der Waals surface area contributed by atoms with E-state index in [4.69, 9.17) is 9.47 Å². The fourth-order valence-corrected chi connectivity index (χ4v) is 3.43. The molecule has 1 heterocycles. The van der Waals surface area contributed by atoms with E-state index in [0.717, 1.165) is 29.6 Å². The molecule has 33 heavy (non-hydrogen) atoms. The average Bonchev–Trinajstić information content (AvgIpc) is 3.31.